The van der Waals surface area contributed by atoms with Gasteiger partial charge in [0.2, 0.25) is 0 Å². The Bertz CT molecular complexity index is 171. The summed E-state index contributed by atoms with van der Waals surface area (Å²) in [5, 5.41) is 0. The maximum atomic E-state index is 10.9. The van der Waals surface area contributed by atoms with Gasteiger partial charge in [0, 0.05) is 1.37 Å². The molecule has 0 saturated carbocycles. The van der Waals surface area contributed by atoms with Crippen LogP contribution in [0.4, 0.5) is 0 Å². The highest BCUT2D eigenvalue weighted by Crippen LogP contribution is 2.02. The molecule has 3 nitrogen and oxygen atoms in total. The normalized spacial score (nSPS) is 22.5. The Balaban J connectivity index is 4.48. The van der Waals surface area contributed by atoms with Gasteiger partial charge in [-0.2, -0.15) is 0 Å². The van der Waals surface area contributed by atoms with Gasteiger partial charge in [-0.15, -0.1) is 0 Å². The highest BCUT2D eigenvalue weighted by molar-refractivity contribution is 5.75. The molecule has 2 N–H and O–H groups in total. The van der Waals surface area contributed by atoms with Gasteiger partial charge in [-0.1, -0.05) is 13.8 Å². The number of methoxy groups -OCH3 is 1. The number of esters is 1. The van der Waals surface area contributed by atoms with Gasteiger partial charge in [-0.3, -0.25) is 4.79 Å². The third-order valence-electron chi connectivity index (χ3n) is 0.934. The Kier molecular flexibility index (Phi) is 2.64. The van der Waals surface area contributed by atoms with E-state index in [0.717, 1.165) is 7.11 Å². The monoisotopic (exact) mass is 147 g/mol. The summed E-state index contributed by atoms with van der Waals surface area (Å²) in [5.41, 5.74) is 5.32. The number of hydrogen-bond donors (Lipinski definition) is 1. The minimum Gasteiger partial charge on any atom is -0.468 e. The molecule has 0 aliphatic carbocycles. The number of carbonyl (C=O) groups is 1. The van der Waals surface area contributed by atoms with Crippen LogP contribution in [0.1, 0.15) is 23.0 Å². The second kappa shape index (κ2) is 4.28. The van der Waals surface area contributed by atoms with Gasteiger partial charge in [-0.25, -0.2) is 0 Å². The van der Waals surface area contributed by atoms with E-state index in [9.17, 15) is 4.79 Å². The predicted octanol–water partition coefficient (Wildman–Crippen LogP) is 0.533. The molecule has 0 rings (SSSR count). The molecule has 10 heavy (non-hydrogen) atoms. The number of nitrogens with two attached hydrogens (primary N) is 1. The van der Waals surface area contributed by atoms with Gasteiger partial charge in [0.05, 0.1) is 8.48 Å². The zero-order chi connectivity index (χ0) is 9.94. The molecule has 0 bridgehead atoms. The minimum atomic E-state index is -1.96. The quantitative estimate of drug-likeness (QED) is 0.592. The molecule has 0 aromatic heterocycles. The molecule has 0 heterocycles. The summed E-state index contributed by atoms with van der Waals surface area (Å²) in [5.74, 6) is -1.01. The van der Waals surface area contributed by atoms with Crippen molar-refractivity contribution in [3.05, 3.63) is 0 Å². The number of rotatable bonds is 3. The highest BCUT2D eigenvalue weighted by atomic mass is 16.5. The summed E-state index contributed by atoms with van der Waals surface area (Å²) in [6.45, 7) is 3.47. The lowest BCUT2D eigenvalue weighted by Gasteiger charge is -2.10. The molecule has 0 fully saturated rings. The molecule has 3 heteroatoms. The predicted molar refractivity (Wildman–Crippen MR) is 39.4 cm³/mol. The number of ether oxygens (including phenoxy) is 1. The lowest BCUT2D eigenvalue weighted by molar-refractivity contribution is -0.142. The fraction of sp³-hybridized carbons (Fsp3) is 0.857. The molecule has 60 valence electrons. The molecule has 0 radical (unpaired) electrons. The summed E-state index contributed by atoms with van der Waals surface area (Å²) < 4.78 is 19.1. The van der Waals surface area contributed by atoms with Gasteiger partial charge in [0.15, 0.2) is 0 Å². The fourth-order valence-corrected chi connectivity index (χ4v) is 0.545. The van der Waals surface area contributed by atoms with E-state index in [1.807, 2.05) is 0 Å². The zero-order valence-electron chi connectivity index (χ0n) is 8.55. The summed E-state index contributed by atoms with van der Waals surface area (Å²) in [6.07, 6.45) is -0.968. The van der Waals surface area contributed by atoms with Crippen LogP contribution < -0.4 is 5.73 Å². The van der Waals surface area contributed by atoms with Gasteiger partial charge < -0.3 is 10.5 Å². The molecular weight excluding hydrogens is 130 g/mol. The molecule has 0 aliphatic heterocycles. The van der Waals surface area contributed by atoms with Crippen LogP contribution in [0.5, 0.6) is 0 Å². The molecule has 0 aromatic carbocycles. The van der Waals surface area contributed by atoms with E-state index in [1.165, 1.54) is 0 Å². The summed E-state index contributed by atoms with van der Waals surface area (Å²) in [4.78, 5) is 10.9. The molecule has 0 saturated heterocycles. The van der Waals surface area contributed by atoms with Gasteiger partial charge in [0.1, 0.15) is 6.02 Å². The molecule has 2 atom stereocenters. The molecule has 0 unspecified atom stereocenters. The van der Waals surface area contributed by atoms with Crippen molar-refractivity contribution in [1.29, 1.82) is 0 Å². The summed E-state index contributed by atoms with van der Waals surface area (Å²) in [7, 11) is 1.16. The van der Waals surface area contributed by atoms with Crippen molar-refractivity contribution in [3.63, 3.8) is 0 Å². The van der Waals surface area contributed by atoms with Crippen molar-refractivity contribution in [2.45, 2.75) is 26.3 Å². The van der Waals surface area contributed by atoms with Crippen LogP contribution in [0.2, 0.25) is 0 Å². The van der Waals surface area contributed by atoms with Crippen molar-refractivity contribution in [2.24, 2.45) is 11.7 Å². The fourth-order valence-electron chi connectivity index (χ4n) is 0.545. The van der Waals surface area contributed by atoms with Gasteiger partial charge in [-0.05, 0) is 12.3 Å². The van der Waals surface area contributed by atoms with E-state index in [1.54, 1.807) is 13.8 Å². The topological polar surface area (TPSA) is 52.3 Å². The van der Waals surface area contributed by atoms with E-state index >= 15 is 0 Å². The minimum absolute atomic E-state index is 0.147. The van der Waals surface area contributed by atoms with Gasteiger partial charge >= 0.3 is 5.97 Å². The van der Waals surface area contributed by atoms with Crippen LogP contribution in [0.15, 0.2) is 0 Å². The second-order valence-electron chi connectivity index (χ2n) is 2.36. The first-order valence-electron chi connectivity index (χ1n) is 4.21. The smallest absolute Gasteiger partial charge is 0.322 e. The van der Waals surface area contributed by atoms with Crippen molar-refractivity contribution in [1.82, 2.24) is 0 Å². The first-order chi connectivity index (χ1) is 5.34. The Morgan fingerprint density at radius 3 is 2.70 bits per heavy atom. The van der Waals surface area contributed by atoms with E-state index in [4.69, 9.17) is 8.48 Å². The van der Waals surface area contributed by atoms with Crippen LogP contribution in [0.25, 0.3) is 0 Å². The number of hydrogen-bond acceptors (Lipinski definition) is 3. The SMILES string of the molecule is [2H][C@@H](C(C)C)[C@@]([2H])(N)C(=O)OC. The Morgan fingerprint density at radius 1 is 1.90 bits per heavy atom. The van der Waals surface area contributed by atoms with Crippen LogP contribution in [0.3, 0.4) is 0 Å². The first-order valence-corrected chi connectivity index (χ1v) is 3.13. The lowest BCUT2D eigenvalue weighted by atomic mass is 10.1. The molecule has 0 amide bonds. The van der Waals surface area contributed by atoms with Crippen molar-refractivity contribution in [3.8, 4) is 0 Å². The zero-order valence-corrected chi connectivity index (χ0v) is 6.55. The Hall–Kier alpha value is -0.570. The van der Waals surface area contributed by atoms with Crippen LogP contribution in [0, 0.1) is 5.92 Å². The summed E-state index contributed by atoms with van der Waals surface area (Å²) >= 11 is 0. The molecule has 0 aromatic rings. The average Bonchev–Trinajstić information content (AvgIpc) is 2.01. The van der Waals surface area contributed by atoms with Crippen molar-refractivity contribution in [2.75, 3.05) is 7.11 Å². The maximum Gasteiger partial charge on any atom is 0.322 e. The Morgan fingerprint density at radius 2 is 2.40 bits per heavy atom. The summed E-state index contributed by atoms with van der Waals surface area (Å²) in [6, 6.07) is -1.96. The molecular formula is C7H15NO2. The van der Waals surface area contributed by atoms with Gasteiger partial charge in [0.25, 0.3) is 0 Å². The highest BCUT2D eigenvalue weighted by Gasteiger charge is 2.14. The third kappa shape index (κ3) is 3.45. The largest absolute Gasteiger partial charge is 0.468 e. The van der Waals surface area contributed by atoms with Crippen molar-refractivity contribution >= 4 is 5.97 Å². The first kappa shape index (κ1) is 6.16. The van der Waals surface area contributed by atoms with E-state index < -0.39 is 18.4 Å². The standard InChI is InChI=1S/C7H15NO2/c1-5(2)4-6(8)7(9)10-3/h5-6H,4,8H2,1-3H3/t6-/m1/s1/i4D,6D/t4-,6+/m0. The average molecular weight is 147 g/mol. The van der Waals surface area contributed by atoms with Crippen LogP contribution >= 0.6 is 0 Å². The lowest BCUT2D eigenvalue weighted by Crippen LogP contribution is -2.32. The maximum absolute atomic E-state index is 10.9. The molecule has 0 spiro atoms. The second-order valence-corrected chi connectivity index (χ2v) is 2.36. The third-order valence-corrected chi connectivity index (χ3v) is 0.934. The van der Waals surface area contributed by atoms with Crippen LogP contribution in [-0.2, 0) is 9.53 Å². The molecule has 0 aliphatic rings. The Labute approximate surface area is 64.4 Å². The van der Waals surface area contributed by atoms with E-state index in [-0.39, 0.29) is 5.92 Å². The van der Waals surface area contributed by atoms with Crippen LogP contribution in [-0.4, -0.2) is 19.1 Å². The van der Waals surface area contributed by atoms with E-state index in [0.29, 0.717) is 0 Å². The number of carbonyl (C=O) groups excluding carboxylic acids is 1. The van der Waals surface area contributed by atoms with E-state index in [2.05, 4.69) is 4.74 Å². The van der Waals surface area contributed by atoms with Crippen molar-refractivity contribution < 1.29 is 12.3 Å².